The SMILES string of the molecule is Cl.Cl.Nc1cc(F)cc([C@H](C2CCOCC2)N2CCNCC2)c1O. The van der Waals surface area contributed by atoms with Gasteiger partial charge in [-0.25, -0.2) is 4.39 Å². The maximum atomic E-state index is 13.9. The standard InChI is InChI=1S/C16H24FN3O2.2ClH/c17-12-9-13(16(21)14(18)10-12)15(11-1-7-22-8-2-11)20-5-3-19-4-6-20;;/h9-11,15,19,21H,1-8,18H2;2*1H/t15-;;/m0../s1. The first-order chi connectivity index (χ1) is 10.7. The molecule has 0 radical (unpaired) electrons. The van der Waals surface area contributed by atoms with Gasteiger partial charge in [-0.1, -0.05) is 0 Å². The Morgan fingerprint density at radius 3 is 2.46 bits per heavy atom. The fraction of sp³-hybridized carbons (Fsp3) is 0.625. The molecule has 5 nitrogen and oxygen atoms in total. The molecule has 3 rings (SSSR count). The Balaban J connectivity index is 0.00000144. The number of nitrogens with zero attached hydrogens (tertiary/aromatic N) is 1. The third kappa shape index (κ3) is 4.64. The Hall–Kier alpha value is -0.790. The van der Waals surface area contributed by atoms with Gasteiger partial charge >= 0.3 is 0 Å². The molecule has 0 amide bonds. The van der Waals surface area contributed by atoms with Gasteiger partial charge in [-0.3, -0.25) is 4.90 Å². The fourth-order valence-electron chi connectivity index (χ4n) is 3.61. The number of hydrogen-bond acceptors (Lipinski definition) is 5. The first-order valence-corrected chi connectivity index (χ1v) is 7.97. The number of phenolic OH excluding ortho intramolecular Hbond substituents is 1. The van der Waals surface area contributed by atoms with Crippen LogP contribution in [0.1, 0.15) is 24.4 Å². The first kappa shape index (κ1) is 21.3. The number of nitrogens with one attached hydrogen (secondary N) is 1. The Kier molecular flexibility index (Phi) is 8.53. The van der Waals surface area contributed by atoms with Crippen LogP contribution in [0.4, 0.5) is 10.1 Å². The van der Waals surface area contributed by atoms with Crippen LogP contribution in [0.25, 0.3) is 0 Å². The summed E-state index contributed by atoms with van der Waals surface area (Å²) in [6.45, 7) is 5.03. The molecule has 0 spiro atoms. The number of halogens is 3. The van der Waals surface area contributed by atoms with Crippen molar-refractivity contribution in [1.82, 2.24) is 10.2 Å². The number of anilines is 1. The third-order valence-corrected chi connectivity index (χ3v) is 4.71. The van der Waals surface area contributed by atoms with E-state index in [-0.39, 0.29) is 42.3 Å². The van der Waals surface area contributed by atoms with Gasteiger partial charge in [-0.05, 0) is 24.8 Å². The van der Waals surface area contributed by atoms with Gasteiger partial charge in [0.1, 0.15) is 11.6 Å². The molecule has 1 aromatic rings. The Labute approximate surface area is 154 Å². The second-order valence-electron chi connectivity index (χ2n) is 6.11. The Morgan fingerprint density at radius 1 is 1.21 bits per heavy atom. The molecule has 2 aliphatic rings. The second kappa shape index (κ2) is 9.63. The zero-order valence-corrected chi connectivity index (χ0v) is 15.2. The monoisotopic (exact) mass is 381 g/mol. The van der Waals surface area contributed by atoms with Crippen LogP contribution in [0, 0.1) is 11.7 Å². The summed E-state index contributed by atoms with van der Waals surface area (Å²) in [5.74, 6) is -0.0205. The lowest BCUT2D eigenvalue weighted by Crippen LogP contribution is -2.47. The summed E-state index contributed by atoms with van der Waals surface area (Å²) < 4.78 is 19.3. The van der Waals surface area contributed by atoms with Gasteiger partial charge in [-0.15, -0.1) is 24.8 Å². The number of nitrogen functional groups attached to an aromatic ring is 1. The van der Waals surface area contributed by atoms with Crippen molar-refractivity contribution in [1.29, 1.82) is 0 Å². The smallest absolute Gasteiger partial charge is 0.143 e. The summed E-state index contributed by atoms with van der Waals surface area (Å²) in [6.07, 6.45) is 1.84. The van der Waals surface area contributed by atoms with Gasteiger partial charge in [0.2, 0.25) is 0 Å². The highest BCUT2D eigenvalue weighted by Crippen LogP contribution is 2.41. The summed E-state index contributed by atoms with van der Waals surface area (Å²) in [4.78, 5) is 2.33. The van der Waals surface area contributed by atoms with Gasteiger partial charge in [0.25, 0.3) is 0 Å². The van der Waals surface area contributed by atoms with E-state index in [4.69, 9.17) is 10.5 Å². The number of phenols is 1. The van der Waals surface area contributed by atoms with Gasteiger partial charge in [0, 0.05) is 57.1 Å². The van der Waals surface area contributed by atoms with E-state index in [1.165, 1.54) is 12.1 Å². The molecule has 0 aliphatic carbocycles. The molecular weight excluding hydrogens is 356 g/mol. The van der Waals surface area contributed by atoms with Crippen molar-refractivity contribution in [3.8, 4) is 5.75 Å². The van der Waals surface area contributed by atoms with Crippen LogP contribution in [0.2, 0.25) is 0 Å². The number of nitrogens with two attached hydrogens (primary N) is 1. The summed E-state index contributed by atoms with van der Waals surface area (Å²) >= 11 is 0. The van der Waals surface area contributed by atoms with Crippen LogP contribution in [0.5, 0.6) is 5.75 Å². The molecule has 24 heavy (non-hydrogen) atoms. The molecule has 138 valence electrons. The van der Waals surface area contributed by atoms with Crippen molar-refractivity contribution >= 4 is 30.5 Å². The quantitative estimate of drug-likeness (QED) is 0.553. The van der Waals surface area contributed by atoms with E-state index >= 15 is 0 Å². The average Bonchev–Trinajstić information content (AvgIpc) is 2.54. The lowest BCUT2D eigenvalue weighted by molar-refractivity contribution is 0.0206. The number of rotatable bonds is 3. The molecule has 1 aromatic carbocycles. The van der Waals surface area contributed by atoms with Gasteiger partial charge < -0.3 is 20.9 Å². The molecule has 0 bridgehead atoms. The van der Waals surface area contributed by atoms with E-state index in [1.807, 2.05) is 0 Å². The molecular formula is C16H26Cl2FN3O2. The van der Waals surface area contributed by atoms with Crippen LogP contribution in [0.3, 0.4) is 0 Å². The van der Waals surface area contributed by atoms with E-state index in [9.17, 15) is 9.50 Å². The second-order valence-corrected chi connectivity index (χ2v) is 6.11. The Morgan fingerprint density at radius 2 is 1.83 bits per heavy atom. The van der Waals surface area contributed by atoms with E-state index in [2.05, 4.69) is 10.2 Å². The van der Waals surface area contributed by atoms with E-state index in [0.717, 1.165) is 52.2 Å². The molecule has 2 saturated heterocycles. The van der Waals surface area contributed by atoms with Gasteiger partial charge in [0.05, 0.1) is 5.69 Å². The molecule has 4 N–H and O–H groups in total. The van der Waals surface area contributed by atoms with E-state index < -0.39 is 5.82 Å². The highest BCUT2D eigenvalue weighted by atomic mass is 35.5. The molecule has 2 heterocycles. The van der Waals surface area contributed by atoms with E-state index in [1.54, 1.807) is 0 Å². The van der Waals surface area contributed by atoms with E-state index in [0.29, 0.717) is 11.5 Å². The summed E-state index contributed by atoms with van der Waals surface area (Å²) in [7, 11) is 0. The topological polar surface area (TPSA) is 70.8 Å². The largest absolute Gasteiger partial charge is 0.505 e. The van der Waals surface area contributed by atoms with Crippen molar-refractivity contribution in [3.63, 3.8) is 0 Å². The highest BCUT2D eigenvalue weighted by molar-refractivity contribution is 5.85. The number of piperazine rings is 1. The van der Waals surface area contributed by atoms with Crippen LogP contribution in [-0.4, -0.2) is 49.4 Å². The fourth-order valence-corrected chi connectivity index (χ4v) is 3.61. The molecule has 0 saturated carbocycles. The lowest BCUT2D eigenvalue weighted by atomic mass is 9.85. The van der Waals surface area contributed by atoms with Crippen LogP contribution in [0.15, 0.2) is 12.1 Å². The number of aromatic hydroxyl groups is 1. The predicted molar refractivity (Wildman–Crippen MR) is 97.7 cm³/mol. The number of ether oxygens (including phenoxy) is 1. The molecule has 8 heteroatoms. The van der Waals surface area contributed by atoms with Crippen molar-refractivity contribution in [2.45, 2.75) is 18.9 Å². The van der Waals surface area contributed by atoms with Gasteiger partial charge in [0.15, 0.2) is 0 Å². The zero-order valence-electron chi connectivity index (χ0n) is 13.5. The minimum atomic E-state index is -0.391. The zero-order chi connectivity index (χ0) is 15.5. The van der Waals surface area contributed by atoms with Crippen molar-refractivity contribution < 1.29 is 14.2 Å². The normalized spacial score (nSPS) is 20.7. The summed E-state index contributed by atoms with van der Waals surface area (Å²) in [5.41, 5.74) is 6.50. The third-order valence-electron chi connectivity index (χ3n) is 4.71. The predicted octanol–water partition coefficient (Wildman–Crippen LogP) is 2.33. The number of benzene rings is 1. The molecule has 1 atom stereocenters. The molecule has 2 aliphatic heterocycles. The van der Waals surface area contributed by atoms with Crippen LogP contribution in [-0.2, 0) is 4.74 Å². The Bertz CT molecular complexity index is 506. The lowest BCUT2D eigenvalue weighted by Gasteiger charge is -2.41. The molecule has 2 fully saturated rings. The van der Waals surface area contributed by atoms with Crippen molar-refractivity contribution in [3.05, 3.63) is 23.5 Å². The maximum absolute atomic E-state index is 13.9. The maximum Gasteiger partial charge on any atom is 0.143 e. The number of hydrogen-bond donors (Lipinski definition) is 3. The van der Waals surface area contributed by atoms with Crippen LogP contribution >= 0.6 is 24.8 Å². The van der Waals surface area contributed by atoms with Gasteiger partial charge in [-0.2, -0.15) is 0 Å². The minimum Gasteiger partial charge on any atom is -0.505 e. The van der Waals surface area contributed by atoms with Crippen LogP contribution < -0.4 is 11.1 Å². The first-order valence-electron chi connectivity index (χ1n) is 7.97. The minimum absolute atomic E-state index is 0. The highest BCUT2D eigenvalue weighted by Gasteiger charge is 2.33. The molecule has 0 aromatic heterocycles. The summed E-state index contributed by atoms with van der Waals surface area (Å²) in [5, 5.41) is 13.7. The molecule has 0 unspecified atom stereocenters. The summed E-state index contributed by atoms with van der Waals surface area (Å²) in [6, 6.07) is 2.61. The van der Waals surface area contributed by atoms with Crippen molar-refractivity contribution in [2.24, 2.45) is 5.92 Å². The average molecular weight is 382 g/mol. The van der Waals surface area contributed by atoms with Crippen molar-refractivity contribution in [2.75, 3.05) is 45.1 Å².